The second-order valence-electron chi connectivity index (χ2n) is 4.14. The number of pyridine rings is 2. The molecule has 0 spiro atoms. The lowest BCUT2D eigenvalue weighted by molar-refractivity contribution is 0.709. The third-order valence-electron chi connectivity index (χ3n) is 2.89. The fourth-order valence-electron chi connectivity index (χ4n) is 2.00. The molecule has 2 aromatic heterocycles. The SMILES string of the molecule is C1=CC(c2ccccn2)=NC(c2ccccn2)C1. The molecule has 18 heavy (non-hydrogen) atoms. The van der Waals surface area contributed by atoms with Gasteiger partial charge in [-0.15, -0.1) is 0 Å². The van der Waals surface area contributed by atoms with E-state index in [0.717, 1.165) is 23.5 Å². The summed E-state index contributed by atoms with van der Waals surface area (Å²) in [6.45, 7) is 0. The molecule has 0 bridgehead atoms. The van der Waals surface area contributed by atoms with Crippen molar-refractivity contribution in [2.24, 2.45) is 4.99 Å². The molecule has 0 radical (unpaired) electrons. The van der Waals surface area contributed by atoms with Gasteiger partial charge in [0.15, 0.2) is 0 Å². The fourth-order valence-corrected chi connectivity index (χ4v) is 2.00. The zero-order valence-electron chi connectivity index (χ0n) is 9.90. The van der Waals surface area contributed by atoms with Crippen LogP contribution in [-0.4, -0.2) is 15.7 Å². The minimum atomic E-state index is 0.105. The molecule has 0 aliphatic carbocycles. The molecule has 2 aromatic rings. The van der Waals surface area contributed by atoms with Crippen molar-refractivity contribution in [1.82, 2.24) is 9.97 Å². The molecule has 0 saturated carbocycles. The zero-order valence-corrected chi connectivity index (χ0v) is 9.90. The number of nitrogens with zero attached hydrogens (tertiary/aromatic N) is 3. The predicted molar refractivity (Wildman–Crippen MR) is 71.5 cm³/mol. The quantitative estimate of drug-likeness (QED) is 0.802. The van der Waals surface area contributed by atoms with Crippen LogP contribution in [0, 0.1) is 0 Å². The lowest BCUT2D eigenvalue weighted by Gasteiger charge is -2.15. The van der Waals surface area contributed by atoms with E-state index in [-0.39, 0.29) is 6.04 Å². The third kappa shape index (κ3) is 2.20. The van der Waals surface area contributed by atoms with E-state index in [2.05, 4.69) is 16.0 Å². The maximum Gasteiger partial charge on any atom is 0.0961 e. The third-order valence-corrected chi connectivity index (χ3v) is 2.89. The van der Waals surface area contributed by atoms with Crippen LogP contribution in [0.1, 0.15) is 23.9 Å². The molecule has 1 unspecified atom stereocenters. The molecule has 1 aliphatic rings. The van der Waals surface area contributed by atoms with Crippen LogP contribution in [-0.2, 0) is 0 Å². The summed E-state index contributed by atoms with van der Waals surface area (Å²) in [4.78, 5) is 13.4. The number of hydrogen-bond acceptors (Lipinski definition) is 3. The minimum Gasteiger partial charge on any atom is -0.273 e. The Morgan fingerprint density at radius 3 is 2.50 bits per heavy atom. The first-order valence-electron chi connectivity index (χ1n) is 6.00. The van der Waals surface area contributed by atoms with Gasteiger partial charge in [0, 0.05) is 12.4 Å². The first-order valence-corrected chi connectivity index (χ1v) is 6.00. The molecule has 0 aromatic carbocycles. The monoisotopic (exact) mass is 235 g/mol. The van der Waals surface area contributed by atoms with Crippen molar-refractivity contribution in [3.63, 3.8) is 0 Å². The smallest absolute Gasteiger partial charge is 0.0961 e. The maximum atomic E-state index is 4.73. The van der Waals surface area contributed by atoms with Gasteiger partial charge in [-0.05, 0) is 36.8 Å². The van der Waals surface area contributed by atoms with Gasteiger partial charge in [0.25, 0.3) is 0 Å². The van der Waals surface area contributed by atoms with Crippen molar-refractivity contribution >= 4 is 5.71 Å². The van der Waals surface area contributed by atoms with E-state index in [1.807, 2.05) is 48.7 Å². The van der Waals surface area contributed by atoms with Gasteiger partial charge >= 0.3 is 0 Å². The molecule has 1 atom stereocenters. The number of rotatable bonds is 2. The molecule has 3 rings (SSSR count). The van der Waals surface area contributed by atoms with Crippen molar-refractivity contribution in [2.45, 2.75) is 12.5 Å². The minimum absolute atomic E-state index is 0.105. The Morgan fingerprint density at radius 2 is 1.78 bits per heavy atom. The summed E-state index contributed by atoms with van der Waals surface area (Å²) >= 11 is 0. The molecule has 0 amide bonds. The summed E-state index contributed by atoms with van der Waals surface area (Å²) in [6.07, 6.45) is 8.66. The van der Waals surface area contributed by atoms with Gasteiger partial charge in [0.05, 0.1) is 23.1 Å². The summed E-state index contributed by atoms with van der Waals surface area (Å²) in [7, 11) is 0. The highest BCUT2D eigenvalue weighted by Crippen LogP contribution is 2.24. The molecule has 3 heteroatoms. The maximum absolute atomic E-state index is 4.73. The Hall–Kier alpha value is -2.29. The Kier molecular flexibility index (Phi) is 2.96. The second-order valence-corrected chi connectivity index (χ2v) is 4.14. The van der Waals surface area contributed by atoms with Crippen LogP contribution < -0.4 is 0 Å². The van der Waals surface area contributed by atoms with Gasteiger partial charge in [-0.2, -0.15) is 0 Å². The van der Waals surface area contributed by atoms with Gasteiger partial charge in [-0.3, -0.25) is 15.0 Å². The van der Waals surface area contributed by atoms with Gasteiger partial charge in [0.2, 0.25) is 0 Å². The van der Waals surface area contributed by atoms with Crippen molar-refractivity contribution in [1.29, 1.82) is 0 Å². The molecule has 0 saturated heterocycles. The van der Waals surface area contributed by atoms with E-state index in [4.69, 9.17) is 4.99 Å². The van der Waals surface area contributed by atoms with Gasteiger partial charge < -0.3 is 0 Å². The van der Waals surface area contributed by atoms with E-state index >= 15 is 0 Å². The molecule has 3 heterocycles. The molecule has 0 N–H and O–H groups in total. The van der Waals surface area contributed by atoms with Crippen LogP contribution in [0.2, 0.25) is 0 Å². The van der Waals surface area contributed by atoms with E-state index in [0.29, 0.717) is 0 Å². The van der Waals surface area contributed by atoms with Gasteiger partial charge in [-0.1, -0.05) is 18.2 Å². The van der Waals surface area contributed by atoms with E-state index in [1.54, 1.807) is 6.20 Å². The Bertz CT molecular complexity index is 573. The van der Waals surface area contributed by atoms with Gasteiger partial charge in [0.1, 0.15) is 0 Å². The fraction of sp³-hybridized carbons (Fsp3) is 0.133. The first kappa shape index (κ1) is 10.8. The normalized spacial score (nSPS) is 18.4. The van der Waals surface area contributed by atoms with Crippen molar-refractivity contribution in [3.05, 3.63) is 72.3 Å². The van der Waals surface area contributed by atoms with Crippen LogP contribution in [0.25, 0.3) is 0 Å². The topological polar surface area (TPSA) is 38.1 Å². The molecule has 3 nitrogen and oxygen atoms in total. The van der Waals surface area contributed by atoms with Crippen LogP contribution in [0.15, 0.2) is 65.9 Å². The zero-order chi connectivity index (χ0) is 12.2. The summed E-state index contributed by atoms with van der Waals surface area (Å²) in [5.41, 5.74) is 2.85. The predicted octanol–water partition coefficient (Wildman–Crippen LogP) is 2.97. The van der Waals surface area contributed by atoms with E-state index in [9.17, 15) is 0 Å². The highest BCUT2D eigenvalue weighted by Gasteiger charge is 2.15. The summed E-state index contributed by atoms with van der Waals surface area (Å²) in [5, 5.41) is 0. The van der Waals surface area contributed by atoms with Crippen LogP contribution in [0.3, 0.4) is 0 Å². The number of dihydropyridines is 1. The van der Waals surface area contributed by atoms with Crippen LogP contribution in [0.4, 0.5) is 0 Å². The number of aliphatic imine (C=N–C) groups is 1. The number of hydrogen-bond donors (Lipinski definition) is 0. The molecule has 0 fully saturated rings. The first-order chi connectivity index (χ1) is 8.93. The number of allylic oxidation sites excluding steroid dienone is 1. The average molecular weight is 235 g/mol. The largest absolute Gasteiger partial charge is 0.273 e. The van der Waals surface area contributed by atoms with Crippen LogP contribution in [0.5, 0.6) is 0 Å². The second kappa shape index (κ2) is 4.92. The summed E-state index contributed by atoms with van der Waals surface area (Å²) in [5.74, 6) is 0. The highest BCUT2D eigenvalue weighted by molar-refractivity contribution is 6.07. The lowest BCUT2D eigenvalue weighted by atomic mass is 10.0. The molecular weight excluding hydrogens is 222 g/mol. The Labute approximate surface area is 106 Å². The average Bonchev–Trinajstić information content (AvgIpc) is 2.49. The Balaban J connectivity index is 1.93. The highest BCUT2D eigenvalue weighted by atomic mass is 14.9. The summed E-state index contributed by atoms with van der Waals surface area (Å²) in [6, 6.07) is 11.9. The van der Waals surface area contributed by atoms with Crippen molar-refractivity contribution in [3.8, 4) is 0 Å². The van der Waals surface area contributed by atoms with Crippen LogP contribution >= 0.6 is 0 Å². The van der Waals surface area contributed by atoms with Crippen molar-refractivity contribution in [2.75, 3.05) is 0 Å². The number of aromatic nitrogens is 2. The van der Waals surface area contributed by atoms with E-state index < -0.39 is 0 Å². The molecule has 88 valence electrons. The lowest BCUT2D eigenvalue weighted by Crippen LogP contribution is -2.09. The van der Waals surface area contributed by atoms with Gasteiger partial charge in [-0.25, -0.2) is 0 Å². The van der Waals surface area contributed by atoms with Crippen molar-refractivity contribution < 1.29 is 0 Å². The Morgan fingerprint density at radius 1 is 0.944 bits per heavy atom. The summed E-state index contributed by atoms with van der Waals surface area (Å²) < 4.78 is 0. The molecule has 1 aliphatic heterocycles. The standard InChI is InChI=1S/C15H13N3/c1-3-10-16-12(6-1)14-8-5-9-15(18-14)13-7-2-4-11-17-13/h1-8,10-11,15H,9H2. The molecular formula is C15H13N3. The van der Waals surface area contributed by atoms with E-state index in [1.165, 1.54) is 0 Å².